The van der Waals surface area contributed by atoms with Crippen molar-refractivity contribution in [2.75, 3.05) is 9.80 Å². The van der Waals surface area contributed by atoms with Crippen molar-refractivity contribution in [1.29, 1.82) is 0 Å². The zero-order valence-corrected chi connectivity index (χ0v) is 30.2. The van der Waals surface area contributed by atoms with E-state index in [1.807, 2.05) is 30.5 Å². The van der Waals surface area contributed by atoms with E-state index in [0.717, 1.165) is 45.0 Å². The molecule has 0 spiro atoms. The number of anilines is 4. The summed E-state index contributed by atoms with van der Waals surface area (Å²) in [7, 11) is 0. The van der Waals surface area contributed by atoms with Gasteiger partial charge in [-0.1, -0.05) is 80.2 Å². The second-order valence-corrected chi connectivity index (χ2v) is 14.1. The average molecular weight is 835 g/mol. The van der Waals surface area contributed by atoms with Gasteiger partial charge in [0.25, 0.3) is 0 Å². The van der Waals surface area contributed by atoms with E-state index in [1.165, 1.54) is 20.3 Å². The third kappa shape index (κ3) is 5.40. The Morgan fingerprint density at radius 1 is 0.714 bits per heavy atom. The van der Waals surface area contributed by atoms with Crippen molar-refractivity contribution >= 4 is 65.3 Å². The Morgan fingerprint density at radius 2 is 1.45 bits per heavy atom. The van der Waals surface area contributed by atoms with Gasteiger partial charge in [-0.15, -0.1) is 54.0 Å². The molecule has 1 aliphatic heterocycles. The number of ether oxygens (including phenoxy) is 1. The van der Waals surface area contributed by atoms with Crippen molar-refractivity contribution in [3.63, 3.8) is 0 Å². The zero-order chi connectivity index (χ0) is 32.4. The molecule has 3 aromatic heterocycles. The SMILES string of the molecule is CC(C)(C)c1ccnc(-n2c3[c-]c(Oc4[c-]c(N5[CH-]N(c6ccccc6)c6ccccc65)ccc4)ccc3c3sc4ccccc4c32)c1.[Pt]. The van der Waals surface area contributed by atoms with Crippen LogP contribution in [0.15, 0.2) is 128 Å². The van der Waals surface area contributed by atoms with Crippen molar-refractivity contribution in [1.82, 2.24) is 9.55 Å². The molecule has 9 rings (SSSR count). The molecule has 0 saturated heterocycles. The van der Waals surface area contributed by atoms with Gasteiger partial charge in [0.1, 0.15) is 5.82 Å². The van der Waals surface area contributed by atoms with Gasteiger partial charge in [-0.25, -0.2) is 4.98 Å². The summed E-state index contributed by atoms with van der Waals surface area (Å²) in [5, 5.41) is 2.34. The molecule has 0 unspecified atom stereocenters. The Balaban J connectivity index is 0.00000348. The minimum absolute atomic E-state index is 0. The maximum atomic E-state index is 6.52. The number of thiophene rings is 1. The molecule has 1 aliphatic rings. The molecular weight excluding hydrogens is 804 g/mol. The quantitative estimate of drug-likeness (QED) is 0.162. The van der Waals surface area contributed by atoms with E-state index in [2.05, 4.69) is 151 Å². The molecule has 0 fully saturated rings. The van der Waals surface area contributed by atoms with Crippen LogP contribution in [0.3, 0.4) is 0 Å². The molecule has 8 aromatic rings. The molecule has 5 aromatic carbocycles. The molecule has 0 amide bonds. The summed E-state index contributed by atoms with van der Waals surface area (Å²) in [4.78, 5) is 9.24. The summed E-state index contributed by atoms with van der Waals surface area (Å²) < 4.78 is 11.2. The maximum absolute atomic E-state index is 6.52. The van der Waals surface area contributed by atoms with Crippen LogP contribution in [-0.2, 0) is 26.5 Å². The van der Waals surface area contributed by atoms with Crippen LogP contribution in [0, 0.1) is 18.8 Å². The van der Waals surface area contributed by atoms with Crippen molar-refractivity contribution in [3.8, 4) is 17.3 Å². The van der Waals surface area contributed by atoms with Crippen molar-refractivity contribution in [2.45, 2.75) is 26.2 Å². The van der Waals surface area contributed by atoms with Gasteiger partial charge < -0.3 is 19.1 Å². The number of rotatable bonds is 5. The molecule has 244 valence electrons. The Labute approximate surface area is 304 Å². The second-order valence-electron chi connectivity index (χ2n) is 13.0. The zero-order valence-electron chi connectivity index (χ0n) is 27.1. The molecule has 0 radical (unpaired) electrons. The first-order valence-electron chi connectivity index (χ1n) is 16.0. The minimum atomic E-state index is -0.0132. The first-order valence-corrected chi connectivity index (χ1v) is 16.9. The summed E-state index contributed by atoms with van der Waals surface area (Å²) in [6.45, 7) is 8.80. The van der Waals surface area contributed by atoms with E-state index in [0.29, 0.717) is 11.5 Å². The van der Waals surface area contributed by atoms with Crippen molar-refractivity contribution in [3.05, 3.63) is 152 Å². The van der Waals surface area contributed by atoms with Gasteiger partial charge >= 0.3 is 0 Å². The minimum Gasteiger partial charge on any atom is -0.509 e. The smallest absolute Gasteiger partial charge is 0.135 e. The van der Waals surface area contributed by atoms with Crippen LogP contribution in [0.25, 0.3) is 37.0 Å². The van der Waals surface area contributed by atoms with Gasteiger partial charge in [0.15, 0.2) is 0 Å². The fraction of sp³-hybridized carbons (Fsp3) is 0.0952. The molecule has 5 nitrogen and oxygen atoms in total. The van der Waals surface area contributed by atoms with Crippen LogP contribution in [0.2, 0.25) is 0 Å². The Hall–Kier alpha value is -4.90. The number of nitrogens with zero attached hydrogens (tertiary/aromatic N) is 4. The van der Waals surface area contributed by atoms with E-state index in [4.69, 9.17) is 9.72 Å². The summed E-state index contributed by atoms with van der Waals surface area (Å²) >= 11 is 1.81. The second kappa shape index (κ2) is 12.2. The number of benzene rings is 5. The van der Waals surface area contributed by atoms with Gasteiger partial charge in [0.05, 0.1) is 5.52 Å². The molecule has 7 heteroatoms. The number of pyridine rings is 1. The van der Waals surface area contributed by atoms with E-state index >= 15 is 0 Å². The number of aromatic nitrogens is 2. The molecule has 0 bridgehead atoms. The van der Waals surface area contributed by atoms with Crippen LogP contribution >= 0.6 is 11.3 Å². The fourth-order valence-corrected chi connectivity index (χ4v) is 7.73. The Kier molecular flexibility index (Phi) is 7.82. The molecule has 49 heavy (non-hydrogen) atoms. The normalized spacial score (nSPS) is 12.9. The van der Waals surface area contributed by atoms with Gasteiger partial charge in [0.2, 0.25) is 0 Å². The van der Waals surface area contributed by atoms with E-state index < -0.39 is 0 Å². The third-order valence-corrected chi connectivity index (χ3v) is 10.1. The first kappa shape index (κ1) is 31.4. The topological polar surface area (TPSA) is 33.5 Å². The number of para-hydroxylation sites is 3. The summed E-state index contributed by atoms with van der Waals surface area (Å²) in [5.41, 5.74) is 7.48. The number of fused-ring (bicyclic) bond motifs is 6. The van der Waals surface area contributed by atoms with Crippen molar-refractivity contribution < 1.29 is 25.8 Å². The fourth-order valence-electron chi connectivity index (χ4n) is 6.52. The molecule has 0 aliphatic carbocycles. The Bertz CT molecular complexity index is 2480. The molecular formula is C42H31N4OPtS-3. The Morgan fingerprint density at radius 3 is 2.27 bits per heavy atom. The van der Waals surface area contributed by atoms with Gasteiger partial charge in [-0.3, -0.25) is 0 Å². The van der Waals surface area contributed by atoms with E-state index in [1.54, 1.807) is 11.3 Å². The standard InChI is InChI=1S/C42H31N4OS.Pt/c1-42(2,3)28-22-23-43-39(24-28)46-37-26-32(20-21-33(37)41-40(46)34-16-7-10-19-38(34)48-41)47-31-15-11-14-30(25-31)45-27-44(29-12-5-4-6-13-29)35-17-8-9-18-36(35)45;/h4-24,27H,1-3H3;/q-3;. The van der Waals surface area contributed by atoms with E-state index in [-0.39, 0.29) is 26.5 Å². The molecule has 0 saturated carbocycles. The number of hydrogen-bond donors (Lipinski definition) is 0. The van der Waals surface area contributed by atoms with Crippen LogP contribution in [-0.4, -0.2) is 9.55 Å². The largest absolute Gasteiger partial charge is 0.509 e. The summed E-state index contributed by atoms with van der Waals surface area (Å²) in [5.74, 6) is 2.11. The van der Waals surface area contributed by atoms with Crippen LogP contribution in [0.5, 0.6) is 11.5 Å². The first-order chi connectivity index (χ1) is 23.4. The third-order valence-electron chi connectivity index (χ3n) is 8.90. The summed E-state index contributed by atoms with van der Waals surface area (Å²) in [6, 6.07) is 49.0. The molecule has 4 heterocycles. The molecule has 0 atom stereocenters. The van der Waals surface area contributed by atoms with Crippen LogP contribution < -0.4 is 14.5 Å². The van der Waals surface area contributed by atoms with Gasteiger partial charge in [-0.05, 0) is 53.4 Å². The maximum Gasteiger partial charge on any atom is 0.135 e. The predicted molar refractivity (Wildman–Crippen MR) is 198 cm³/mol. The number of hydrogen-bond acceptors (Lipinski definition) is 5. The van der Waals surface area contributed by atoms with Crippen LogP contribution in [0.4, 0.5) is 22.7 Å². The average Bonchev–Trinajstić information content (AvgIpc) is 3.78. The van der Waals surface area contributed by atoms with Gasteiger partial charge in [-0.2, -0.15) is 12.1 Å². The predicted octanol–water partition coefficient (Wildman–Crippen LogP) is 11.5. The van der Waals surface area contributed by atoms with Crippen molar-refractivity contribution in [2.24, 2.45) is 0 Å². The summed E-state index contributed by atoms with van der Waals surface area (Å²) in [6.07, 6.45) is 1.91. The van der Waals surface area contributed by atoms with Gasteiger partial charge in [0, 0.05) is 70.6 Å². The molecule has 0 N–H and O–H groups in total. The van der Waals surface area contributed by atoms with Crippen LogP contribution in [0.1, 0.15) is 26.3 Å². The monoisotopic (exact) mass is 834 g/mol. The van der Waals surface area contributed by atoms with E-state index in [9.17, 15) is 0 Å².